The minimum absolute atomic E-state index is 0.00515. The third-order valence-corrected chi connectivity index (χ3v) is 3.34. The highest BCUT2D eigenvalue weighted by Crippen LogP contribution is 2.35. The monoisotopic (exact) mass is 254 g/mol. The van der Waals surface area contributed by atoms with Crippen molar-refractivity contribution in [2.24, 2.45) is 5.73 Å². The Labute approximate surface area is 105 Å². The van der Waals surface area contributed by atoms with Crippen LogP contribution in [-0.2, 0) is 4.79 Å². The number of amides is 1. The molecule has 1 aliphatic heterocycles. The third kappa shape index (κ3) is 2.10. The molecule has 2 rings (SSSR count). The average molecular weight is 255 g/mol. The van der Waals surface area contributed by atoms with Gasteiger partial charge in [0.1, 0.15) is 5.75 Å². The summed E-state index contributed by atoms with van der Waals surface area (Å²) in [5, 5.41) is 0.571. The fraction of sp³-hybridized carbons (Fsp3) is 0.417. The van der Waals surface area contributed by atoms with E-state index in [1.165, 1.54) is 0 Å². The summed E-state index contributed by atoms with van der Waals surface area (Å²) in [4.78, 5) is 13.6. The van der Waals surface area contributed by atoms with Gasteiger partial charge in [-0.3, -0.25) is 4.79 Å². The van der Waals surface area contributed by atoms with Gasteiger partial charge >= 0.3 is 0 Å². The van der Waals surface area contributed by atoms with Crippen molar-refractivity contribution >= 4 is 23.2 Å². The molecule has 1 aromatic carbocycles. The van der Waals surface area contributed by atoms with Gasteiger partial charge in [-0.1, -0.05) is 11.6 Å². The molecule has 1 aliphatic rings. The third-order valence-electron chi connectivity index (χ3n) is 3.11. The van der Waals surface area contributed by atoms with Crippen LogP contribution in [0, 0.1) is 0 Å². The highest BCUT2D eigenvalue weighted by atomic mass is 35.5. The van der Waals surface area contributed by atoms with Crippen LogP contribution in [0.15, 0.2) is 18.2 Å². The van der Waals surface area contributed by atoms with Crippen LogP contribution in [-0.4, -0.2) is 25.1 Å². The summed E-state index contributed by atoms with van der Waals surface area (Å²) in [6.07, 6.45) is 0.358. The first-order valence-electron chi connectivity index (χ1n) is 5.45. The normalized spacial score (nSPS) is 24.2. The van der Waals surface area contributed by atoms with Crippen LogP contribution in [0.25, 0.3) is 0 Å². The Bertz CT molecular complexity index is 450. The Morgan fingerprint density at radius 3 is 2.76 bits per heavy atom. The molecule has 1 saturated heterocycles. The molecular weight excluding hydrogens is 240 g/mol. The summed E-state index contributed by atoms with van der Waals surface area (Å²) in [6.45, 7) is 1.93. The zero-order valence-corrected chi connectivity index (χ0v) is 10.6. The number of benzene rings is 1. The highest BCUT2D eigenvalue weighted by Gasteiger charge is 2.36. The molecule has 4 nitrogen and oxygen atoms in total. The fourth-order valence-electron chi connectivity index (χ4n) is 2.09. The van der Waals surface area contributed by atoms with E-state index >= 15 is 0 Å². The number of methoxy groups -OCH3 is 1. The number of ether oxygens (including phenoxy) is 1. The number of carbonyl (C=O) groups is 1. The summed E-state index contributed by atoms with van der Waals surface area (Å²) in [6, 6.07) is 5.02. The summed E-state index contributed by atoms with van der Waals surface area (Å²) >= 11 is 5.96. The van der Waals surface area contributed by atoms with Gasteiger partial charge in [-0.05, 0) is 25.1 Å². The maximum atomic E-state index is 11.9. The molecule has 0 bridgehead atoms. The molecule has 0 radical (unpaired) electrons. The van der Waals surface area contributed by atoms with E-state index in [9.17, 15) is 4.79 Å². The van der Waals surface area contributed by atoms with Gasteiger partial charge in [-0.2, -0.15) is 0 Å². The second-order valence-corrected chi connectivity index (χ2v) is 4.62. The van der Waals surface area contributed by atoms with Crippen molar-refractivity contribution in [2.45, 2.75) is 25.4 Å². The molecule has 0 aliphatic carbocycles. The Balaban J connectivity index is 2.45. The van der Waals surface area contributed by atoms with Crippen molar-refractivity contribution in [3.8, 4) is 5.75 Å². The van der Waals surface area contributed by atoms with Gasteiger partial charge in [0.25, 0.3) is 0 Å². The number of hydrogen-bond donors (Lipinski definition) is 1. The topological polar surface area (TPSA) is 55.6 Å². The summed E-state index contributed by atoms with van der Waals surface area (Å²) < 4.78 is 5.25. The van der Waals surface area contributed by atoms with Gasteiger partial charge in [0.2, 0.25) is 5.91 Å². The van der Waals surface area contributed by atoms with Gasteiger partial charge in [0.05, 0.1) is 12.8 Å². The van der Waals surface area contributed by atoms with Gasteiger partial charge < -0.3 is 15.4 Å². The molecule has 0 saturated carbocycles. The van der Waals surface area contributed by atoms with E-state index in [4.69, 9.17) is 22.1 Å². The van der Waals surface area contributed by atoms with Crippen molar-refractivity contribution in [1.29, 1.82) is 0 Å². The lowest BCUT2D eigenvalue weighted by Gasteiger charge is -2.25. The molecule has 1 heterocycles. The first-order chi connectivity index (χ1) is 8.04. The van der Waals surface area contributed by atoms with Gasteiger partial charge in [0, 0.05) is 23.5 Å². The lowest BCUT2D eigenvalue weighted by molar-refractivity contribution is -0.117. The van der Waals surface area contributed by atoms with Gasteiger partial charge in [-0.25, -0.2) is 0 Å². The Morgan fingerprint density at radius 2 is 2.24 bits per heavy atom. The molecule has 17 heavy (non-hydrogen) atoms. The van der Waals surface area contributed by atoms with Gasteiger partial charge in [-0.15, -0.1) is 0 Å². The molecular formula is C12H15ClN2O2. The second kappa shape index (κ2) is 4.55. The van der Waals surface area contributed by atoms with Crippen molar-refractivity contribution in [2.75, 3.05) is 12.0 Å². The molecule has 0 aromatic heterocycles. The Morgan fingerprint density at radius 1 is 1.53 bits per heavy atom. The zero-order chi connectivity index (χ0) is 12.6. The number of rotatable bonds is 2. The minimum Gasteiger partial charge on any atom is -0.495 e. The van der Waals surface area contributed by atoms with E-state index in [1.807, 2.05) is 6.92 Å². The zero-order valence-electron chi connectivity index (χ0n) is 9.81. The lowest BCUT2D eigenvalue weighted by atomic mass is 10.1. The molecule has 2 atom stereocenters. The number of nitrogens with two attached hydrogens (primary N) is 1. The van der Waals surface area contributed by atoms with E-state index in [0.717, 1.165) is 0 Å². The first-order valence-corrected chi connectivity index (χ1v) is 5.83. The standard InChI is InChI=1S/C12H15ClN2O2/c1-7-9(14)6-12(16)15(7)10-5-8(13)3-4-11(10)17-2/h3-5,7,9H,6,14H2,1-2H3. The molecule has 2 unspecified atom stereocenters. The molecule has 1 aromatic rings. The minimum atomic E-state index is -0.147. The van der Waals surface area contributed by atoms with Crippen LogP contribution in [0.2, 0.25) is 5.02 Å². The Hall–Kier alpha value is -1.26. The van der Waals surface area contributed by atoms with E-state index in [2.05, 4.69) is 0 Å². The van der Waals surface area contributed by atoms with Crippen molar-refractivity contribution in [3.05, 3.63) is 23.2 Å². The molecule has 1 amide bonds. The smallest absolute Gasteiger partial charge is 0.229 e. The van der Waals surface area contributed by atoms with Gasteiger partial charge in [0.15, 0.2) is 0 Å². The van der Waals surface area contributed by atoms with Crippen LogP contribution in [0.3, 0.4) is 0 Å². The number of anilines is 1. The van der Waals surface area contributed by atoms with Crippen LogP contribution in [0.5, 0.6) is 5.75 Å². The maximum Gasteiger partial charge on any atom is 0.229 e. The quantitative estimate of drug-likeness (QED) is 0.876. The molecule has 92 valence electrons. The van der Waals surface area contributed by atoms with Crippen molar-refractivity contribution in [1.82, 2.24) is 0 Å². The predicted molar refractivity (Wildman–Crippen MR) is 67.5 cm³/mol. The van der Waals surface area contributed by atoms with Crippen LogP contribution in [0.1, 0.15) is 13.3 Å². The second-order valence-electron chi connectivity index (χ2n) is 4.19. The summed E-state index contributed by atoms with van der Waals surface area (Å²) in [7, 11) is 1.57. The number of nitrogens with zero attached hydrogens (tertiary/aromatic N) is 1. The molecule has 5 heteroatoms. The van der Waals surface area contributed by atoms with Crippen molar-refractivity contribution < 1.29 is 9.53 Å². The van der Waals surface area contributed by atoms with E-state index in [-0.39, 0.29) is 18.0 Å². The SMILES string of the molecule is COc1ccc(Cl)cc1N1C(=O)CC(N)C1C. The summed E-state index contributed by atoms with van der Waals surface area (Å²) in [5.74, 6) is 0.634. The largest absolute Gasteiger partial charge is 0.495 e. The molecule has 0 spiro atoms. The molecule has 2 N–H and O–H groups in total. The fourth-order valence-corrected chi connectivity index (χ4v) is 2.26. The van der Waals surface area contributed by atoms with Crippen molar-refractivity contribution in [3.63, 3.8) is 0 Å². The highest BCUT2D eigenvalue weighted by molar-refractivity contribution is 6.31. The number of halogens is 1. The van der Waals surface area contributed by atoms with Crippen LogP contribution >= 0.6 is 11.6 Å². The average Bonchev–Trinajstić information content (AvgIpc) is 2.53. The van der Waals surface area contributed by atoms with E-state index < -0.39 is 0 Å². The lowest BCUT2D eigenvalue weighted by Crippen LogP contribution is -2.38. The van der Waals surface area contributed by atoms with Crippen LogP contribution in [0.4, 0.5) is 5.69 Å². The summed E-state index contributed by atoms with van der Waals surface area (Å²) in [5.41, 5.74) is 6.58. The first kappa shape index (κ1) is 12.2. The number of hydrogen-bond acceptors (Lipinski definition) is 3. The van der Waals surface area contributed by atoms with E-state index in [0.29, 0.717) is 22.9 Å². The van der Waals surface area contributed by atoms with E-state index in [1.54, 1.807) is 30.2 Å². The maximum absolute atomic E-state index is 11.9. The predicted octanol–water partition coefficient (Wildman–Crippen LogP) is 1.80. The number of carbonyl (C=O) groups excluding carboxylic acids is 1. The molecule has 1 fully saturated rings. The Kier molecular flexibility index (Phi) is 3.26. The van der Waals surface area contributed by atoms with Crippen LogP contribution < -0.4 is 15.4 Å².